The van der Waals surface area contributed by atoms with Crippen LogP contribution in [0.2, 0.25) is 0 Å². The molecule has 1 saturated heterocycles. The number of pyridine rings is 1. The number of thioether (sulfide) groups is 1. The molecule has 0 spiro atoms. The van der Waals surface area contributed by atoms with Crippen molar-refractivity contribution >= 4 is 28.6 Å². The van der Waals surface area contributed by atoms with Crippen LogP contribution in [-0.2, 0) is 11.2 Å². The zero-order valence-corrected chi connectivity index (χ0v) is 21.4. The van der Waals surface area contributed by atoms with Crippen molar-refractivity contribution in [2.45, 2.75) is 69.5 Å². The Hall–Kier alpha value is -1.79. The van der Waals surface area contributed by atoms with E-state index in [0.29, 0.717) is 18.3 Å². The number of likely N-dealkylation sites (tertiary alicyclic amines) is 1. The normalized spacial score (nSPS) is 21.4. The summed E-state index contributed by atoms with van der Waals surface area (Å²) >= 11 is 2.16. The highest BCUT2D eigenvalue weighted by molar-refractivity contribution is 7.99. The second kappa shape index (κ2) is 12.8. The molecule has 0 amide bonds. The minimum absolute atomic E-state index is 0.293. The molecule has 186 valence electrons. The Labute approximate surface area is 208 Å². The first-order valence-electron chi connectivity index (χ1n) is 13.1. The number of fused-ring (bicyclic) bond motifs is 1. The SMILES string of the molecule is COc1ccc2nccc(CCC[C@@H]3CCN(CCCSC4CCC4)C[C@@H]3CCC(=O)O)c2c1. The molecule has 1 aliphatic carbocycles. The number of aliphatic carboxylic acids is 1. The topological polar surface area (TPSA) is 62.7 Å². The molecule has 0 unspecified atom stereocenters. The monoisotopic (exact) mass is 484 g/mol. The molecule has 0 bridgehead atoms. The fraction of sp³-hybridized carbons (Fsp3) is 0.643. The molecular weight excluding hydrogens is 444 g/mol. The molecule has 2 heterocycles. The molecule has 0 radical (unpaired) electrons. The third-order valence-corrected chi connectivity index (χ3v) is 9.26. The van der Waals surface area contributed by atoms with Gasteiger partial charge in [-0.2, -0.15) is 11.8 Å². The van der Waals surface area contributed by atoms with Crippen LogP contribution in [0.5, 0.6) is 5.75 Å². The highest BCUT2D eigenvalue weighted by Gasteiger charge is 2.29. The fourth-order valence-electron chi connectivity index (χ4n) is 5.53. The van der Waals surface area contributed by atoms with Crippen molar-refractivity contribution in [3.63, 3.8) is 0 Å². The number of methoxy groups -OCH3 is 1. The second-order valence-electron chi connectivity index (χ2n) is 10.1. The Kier molecular flexibility index (Phi) is 9.51. The summed E-state index contributed by atoms with van der Waals surface area (Å²) in [6.07, 6.45) is 13.0. The minimum Gasteiger partial charge on any atom is -0.497 e. The van der Waals surface area contributed by atoms with Gasteiger partial charge in [0, 0.05) is 29.8 Å². The van der Waals surface area contributed by atoms with Crippen LogP contribution in [0, 0.1) is 11.8 Å². The van der Waals surface area contributed by atoms with Gasteiger partial charge in [-0.05, 0) is 112 Å². The summed E-state index contributed by atoms with van der Waals surface area (Å²) in [5, 5.41) is 11.4. The largest absolute Gasteiger partial charge is 0.497 e. The van der Waals surface area contributed by atoms with Gasteiger partial charge in [0.2, 0.25) is 0 Å². The quantitative estimate of drug-likeness (QED) is 0.350. The Morgan fingerprint density at radius 2 is 2.06 bits per heavy atom. The van der Waals surface area contributed by atoms with E-state index in [-0.39, 0.29) is 0 Å². The van der Waals surface area contributed by atoms with Crippen molar-refractivity contribution in [3.05, 3.63) is 36.0 Å². The van der Waals surface area contributed by atoms with Gasteiger partial charge in [-0.1, -0.05) is 6.42 Å². The molecule has 2 aliphatic rings. The Morgan fingerprint density at radius 3 is 2.82 bits per heavy atom. The molecule has 1 aliphatic heterocycles. The third kappa shape index (κ3) is 7.11. The Morgan fingerprint density at radius 1 is 1.18 bits per heavy atom. The van der Waals surface area contributed by atoms with Gasteiger partial charge >= 0.3 is 5.97 Å². The Bertz CT molecular complexity index is 933. The summed E-state index contributed by atoms with van der Waals surface area (Å²) in [4.78, 5) is 18.4. The maximum absolute atomic E-state index is 11.3. The first kappa shape index (κ1) is 25.3. The zero-order chi connectivity index (χ0) is 23.8. The number of piperidine rings is 1. The number of carboxylic acids is 1. The van der Waals surface area contributed by atoms with Crippen LogP contribution in [-0.4, -0.2) is 58.7 Å². The van der Waals surface area contributed by atoms with Crippen molar-refractivity contribution in [2.75, 3.05) is 32.5 Å². The Balaban J connectivity index is 1.28. The second-order valence-corrected chi connectivity index (χ2v) is 11.5. The maximum Gasteiger partial charge on any atom is 0.303 e. The first-order chi connectivity index (χ1) is 16.6. The van der Waals surface area contributed by atoms with E-state index in [1.54, 1.807) is 7.11 Å². The number of carboxylic acid groups (broad SMARTS) is 1. The number of hydrogen-bond donors (Lipinski definition) is 1. The first-order valence-corrected chi connectivity index (χ1v) is 14.1. The predicted molar refractivity (Wildman–Crippen MR) is 141 cm³/mol. The highest BCUT2D eigenvalue weighted by atomic mass is 32.2. The van der Waals surface area contributed by atoms with Crippen molar-refractivity contribution < 1.29 is 14.6 Å². The summed E-state index contributed by atoms with van der Waals surface area (Å²) < 4.78 is 5.42. The van der Waals surface area contributed by atoms with Gasteiger partial charge in [0.05, 0.1) is 12.6 Å². The molecule has 2 aromatic rings. The average Bonchev–Trinajstić information content (AvgIpc) is 2.82. The lowest BCUT2D eigenvalue weighted by Gasteiger charge is -2.39. The zero-order valence-electron chi connectivity index (χ0n) is 20.6. The fourth-order valence-corrected chi connectivity index (χ4v) is 6.83. The van der Waals surface area contributed by atoms with Crippen LogP contribution in [0.15, 0.2) is 30.5 Å². The summed E-state index contributed by atoms with van der Waals surface area (Å²) in [6, 6.07) is 8.22. The standard InChI is InChI=1S/C28H40N2O3S/c1-33-24-10-11-27-26(19-24)22(13-15-29-27)6-2-5-21-14-17-30(20-23(21)9-12-28(31)32)16-4-18-34-25-7-3-8-25/h10-11,13,15,19,21,23,25H,2-9,12,14,16-18,20H2,1H3,(H,31,32)/t21-,23+/m1/s1. The number of benzene rings is 1. The highest BCUT2D eigenvalue weighted by Crippen LogP contribution is 2.34. The molecule has 1 aromatic carbocycles. The lowest BCUT2D eigenvalue weighted by atomic mass is 9.79. The van der Waals surface area contributed by atoms with Crippen LogP contribution in [0.1, 0.15) is 63.4 Å². The van der Waals surface area contributed by atoms with Gasteiger partial charge in [0.25, 0.3) is 0 Å². The van der Waals surface area contributed by atoms with E-state index in [1.807, 2.05) is 18.3 Å². The van der Waals surface area contributed by atoms with Crippen LogP contribution in [0.4, 0.5) is 0 Å². The summed E-state index contributed by atoms with van der Waals surface area (Å²) in [5.41, 5.74) is 2.34. The van der Waals surface area contributed by atoms with Crippen LogP contribution < -0.4 is 4.74 Å². The van der Waals surface area contributed by atoms with Gasteiger partial charge in [-0.15, -0.1) is 0 Å². The molecule has 1 saturated carbocycles. The number of aromatic nitrogens is 1. The molecule has 4 rings (SSSR count). The van der Waals surface area contributed by atoms with E-state index in [4.69, 9.17) is 4.74 Å². The molecular formula is C28H40N2O3S. The number of carbonyl (C=O) groups is 1. The lowest BCUT2D eigenvalue weighted by molar-refractivity contribution is -0.137. The van der Waals surface area contributed by atoms with E-state index in [1.165, 1.54) is 61.8 Å². The van der Waals surface area contributed by atoms with Gasteiger partial charge in [-0.3, -0.25) is 9.78 Å². The number of ether oxygens (including phenoxy) is 1. The van der Waals surface area contributed by atoms with E-state index >= 15 is 0 Å². The average molecular weight is 485 g/mol. The van der Waals surface area contributed by atoms with Gasteiger partial charge in [-0.25, -0.2) is 0 Å². The van der Waals surface area contributed by atoms with Crippen LogP contribution in [0.25, 0.3) is 10.9 Å². The number of hydrogen-bond acceptors (Lipinski definition) is 5. The van der Waals surface area contributed by atoms with Gasteiger partial charge in [0.1, 0.15) is 5.75 Å². The summed E-state index contributed by atoms with van der Waals surface area (Å²) in [7, 11) is 1.70. The van der Waals surface area contributed by atoms with Crippen LogP contribution >= 0.6 is 11.8 Å². The van der Waals surface area contributed by atoms with Crippen molar-refractivity contribution in [3.8, 4) is 5.75 Å². The van der Waals surface area contributed by atoms with Crippen molar-refractivity contribution in [1.82, 2.24) is 9.88 Å². The van der Waals surface area contributed by atoms with E-state index in [9.17, 15) is 9.90 Å². The molecule has 2 atom stereocenters. The van der Waals surface area contributed by atoms with E-state index in [0.717, 1.165) is 48.9 Å². The lowest BCUT2D eigenvalue weighted by Crippen LogP contribution is -2.41. The predicted octanol–water partition coefficient (Wildman–Crippen LogP) is 6.04. The summed E-state index contributed by atoms with van der Waals surface area (Å²) in [6.45, 7) is 3.40. The number of nitrogens with zero attached hydrogens (tertiary/aromatic N) is 2. The van der Waals surface area contributed by atoms with Gasteiger partial charge in [0.15, 0.2) is 0 Å². The number of aryl methyl sites for hydroxylation is 1. The van der Waals surface area contributed by atoms with Crippen molar-refractivity contribution in [2.24, 2.45) is 11.8 Å². The molecule has 1 aromatic heterocycles. The smallest absolute Gasteiger partial charge is 0.303 e. The molecule has 6 heteroatoms. The van der Waals surface area contributed by atoms with E-state index < -0.39 is 5.97 Å². The minimum atomic E-state index is -0.662. The van der Waals surface area contributed by atoms with Crippen LogP contribution in [0.3, 0.4) is 0 Å². The molecule has 2 fully saturated rings. The third-order valence-electron chi connectivity index (χ3n) is 7.79. The molecule has 5 nitrogen and oxygen atoms in total. The molecule has 34 heavy (non-hydrogen) atoms. The van der Waals surface area contributed by atoms with E-state index in [2.05, 4.69) is 33.8 Å². The number of rotatable bonds is 13. The molecule has 1 N–H and O–H groups in total. The maximum atomic E-state index is 11.3. The van der Waals surface area contributed by atoms with Gasteiger partial charge < -0.3 is 14.7 Å². The summed E-state index contributed by atoms with van der Waals surface area (Å²) in [5.74, 6) is 2.61. The van der Waals surface area contributed by atoms with Crippen molar-refractivity contribution in [1.29, 1.82) is 0 Å².